The number of nitrogens with zero attached hydrogens (tertiary/aromatic N) is 1. The molecule has 0 spiro atoms. The van der Waals surface area contributed by atoms with Gasteiger partial charge in [-0.1, -0.05) is 23.2 Å². The number of sulfonamides is 1. The first-order chi connectivity index (χ1) is 8.91. The molecular weight excluding hydrogens is 311 g/mol. The second kappa shape index (κ2) is 5.66. The maximum Gasteiger partial charge on any atom is 0.243 e. The molecule has 1 N–H and O–H groups in total. The second-order valence-electron chi connectivity index (χ2n) is 4.08. The van der Waals surface area contributed by atoms with Crippen molar-refractivity contribution in [1.29, 1.82) is 0 Å². The second-order valence-corrected chi connectivity index (χ2v) is 6.83. The van der Waals surface area contributed by atoms with Crippen LogP contribution in [0, 0.1) is 0 Å². The number of halogens is 2. The van der Waals surface area contributed by atoms with E-state index in [1.807, 2.05) is 0 Å². The number of rotatable bonds is 2. The van der Waals surface area contributed by atoms with Crippen LogP contribution in [0.15, 0.2) is 23.1 Å². The molecule has 0 atom stereocenters. The van der Waals surface area contributed by atoms with Gasteiger partial charge in [-0.2, -0.15) is 4.31 Å². The van der Waals surface area contributed by atoms with E-state index in [1.165, 1.54) is 22.5 Å². The molecule has 0 radical (unpaired) electrons. The lowest BCUT2D eigenvalue weighted by atomic mass is 10.4. The predicted octanol–water partition coefficient (Wildman–Crippen LogP) is 1.50. The van der Waals surface area contributed by atoms with Gasteiger partial charge in [0.05, 0.1) is 14.9 Å². The molecule has 0 aliphatic carbocycles. The fourth-order valence-corrected chi connectivity index (χ4v) is 3.60. The topological polar surface area (TPSA) is 66.5 Å². The number of carbonyl (C=O) groups is 1. The van der Waals surface area contributed by atoms with Crippen LogP contribution in [-0.2, 0) is 14.8 Å². The van der Waals surface area contributed by atoms with Gasteiger partial charge in [-0.3, -0.25) is 4.79 Å². The highest BCUT2D eigenvalue weighted by Crippen LogP contribution is 2.26. The van der Waals surface area contributed by atoms with Crippen molar-refractivity contribution < 1.29 is 13.2 Å². The molecule has 1 heterocycles. The van der Waals surface area contributed by atoms with Gasteiger partial charge in [0.1, 0.15) is 0 Å². The number of nitrogens with one attached hydrogen (secondary N) is 1. The van der Waals surface area contributed by atoms with E-state index in [1.54, 1.807) is 0 Å². The Labute approximate surface area is 121 Å². The molecule has 104 valence electrons. The molecule has 5 nitrogen and oxygen atoms in total. The van der Waals surface area contributed by atoms with Gasteiger partial charge in [-0.25, -0.2) is 8.42 Å². The van der Waals surface area contributed by atoms with Crippen molar-refractivity contribution in [3.05, 3.63) is 28.2 Å². The molecule has 2 rings (SSSR count). The Hall–Kier alpha value is -0.820. The molecule has 1 aliphatic rings. The van der Waals surface area contributed by atoms with Crippen molar-refractivity contribution in [3.8, 4) is 0 Å². The highest BCUT2D eigenvalue weighted by atomic mass is 35.5. The lowest BCUT2D eigenvalue weighted by Crippen LogP contribution is -2.34. The summed E-state index contributed by atoms with van der Waals surface area (Å²) in [5, 5.41) is 3.11. The van der Waals surface area contributed by atoms with Crippen LogP contribution >= 0.6 is 23.2 Å². The van der Waals surface area contributed by atoms with Crippen LogP contribution in [0.1, 0.15) is 6.42 Å². The number of carbonyl (C=O) groups excluding carboxylic acids is 1. The minimum atomic E-state index is -3.65. The SMILES string of the molecule is O=C1CCN(S(=O)(=O)c2ccc(Cl)c(Cl)c2)CCN1. The van der Waals surface area contributed by atoms with E-state index >= 15 is 0 Å². The standard InChI is InChI=1S/C11H12Cl2N2O3S/c12-9-2-1-8(7-10(9)13)19(17,18)15-5-3-11(16)14-4-6-15/h1-2,7H,3-6H2,(H,14,16). The molecular formula is C11H12Cl2N2O3S. The molecule has 1 fully saturated rings. The van der Waals surface area contributed by atoms with Crippen molar-refractivity contribution in [2.45, 2.75) is 11.3 Å². The number of hydrogen-bond acceptors (Lipinski definition) is 3. The Bertz CT molecular complexity index is 604. The van der Waals surface area contributed by atoms with Crippen LogP contribution in [0.2, 0.25) is 10.0 Å². The molecule has 0 saturated carbocycles. The van der Waals surface area contributed by atoms with E-state index in [9.17, 15) is 13.2 Å². The van der Waals surface area contributed by atoms with Crippen LogP contribution in [-0.4, -0.2) is 38.3 Å². The zero-order valence-electron chi connectivity index (χ0n) is 9.90. The summed E-state index contributed by atoms with van der Waals surface area (Å²) in [7, 11) is -3.65. The summed E-state index contributed by atoms with van der Waals surface area (Å²) in [5.74, 6) is -0.146. The summed E-state index contributed by atoms with van der Waals surface area (Å²) in [4.78, 5) is 11.3. The van der Waals surface area contributed by atoms with Crippen LogP contribution in [0.3, 0.4) is 0 Å². The zero-order valence-corrected chi connectivity index (χ0v) is 12.2. The van der Waals surface area contributed by atoms with E-state index < -0.39 is 10.0 Å². The Morgan fingerprint density at radius 2 is 1.89 bits per heavy atom. The lowest BCUT2D eigenvalue weighted by Gasteiger charge is -2.19. The van der Waals surface area contributed by atoms with Crippen LogP contribution in [0.25, 0.3) is 0 Å². The molecule has 1 amide bonds. The van der Waals surface area contributed by atoms with Gasteiger partial charge < -0.3 is 5.32 Å². The zero-order chi connectivity index (χ0) is 14.0. The van der Waals surface area contributed by atoms with Gasteiger partial charge in [0, 0.05) is 26.1 Å². The third kappa shape index (κ3) is 3.20. The average molecular weight is 323 g/mol. The van der Waals surface area contributed by atoms with Crippen molar-refractivity contribution >= 4 is 39.1 Å². The summed E-state index contributed by atoms with van der Waals surface area (Å²) in [6, 6.07) is 4.17. The number of amides is 1. The van der Waals surface area contributed by atoms with Gasteiger partial charge in [-0.05, 0) is 18.2 Å². The third-order valence-corrected chi connectivity index (χ3v) is 5.43. The Kier molecular flexibility index (Phi) is 4.35. The summed E-state index contributed by atoms with van der Waals surface area (Å²) in [6.07, 6.45) is 0.153. The summed E-state index contributed by atoms with van der Waals surface area (Å²) < 4.78 is 26.1. The highest BCUT2D eigenvalue weighted by Gasteiger charge is 2.27. The summed E-state index contributed by atoms with van der Waals surface area (Å²) in [5.41, 5.74) is 0. The van der Waals surface area contributed by atoms with Crippen molar-refractivity contribution in [3.63, 3.8) is 0 Å². The molecule has 1 aliphatic heterocycles. The van der Waals surface area contributed by atoms with Crippen molar-refractivity contribution in [1.82, 2.24) is 9.62 Å². The minimum absolute atomic E-state index is 0.0799. The molecule has 19 heavy (non-hydrogen) atoms. The van der Waals surface area contributed by atoms with Gasteiger partial charge in [0.25, 0.3) is 0 Å². The van der Waals surface area contributed by atoms with E-state index in [0.717, 1.165) is 0 Å². The average Bonchev–Trinajstić information content (AvgIpc) is 2.57. The molecule has 0 unspecified atom stereocenters. The van der Waals surface area contributed by atoms with Gasteiger partial charge in [0.15, 0.2) is 0 Å². The predicted molar refractivity (Wildman–Crippen MR) is 72.8 cm³/mol. The molecule has 0 bridgehead atoms. The number of benzene rings is 1. The third-order valence-electron chi connectivity index (χ3n) is 2.80. The Morgan fingerprint density at radius 1 is 1.16 bits per heavy atom. The maximum absolute atomic E-state index is 12.4. The van der Waals surface area contributed by atoms with Gasteiger partial charge >= 0.3 is 0 Å². The maximum atomic E-state index is 12.4. The smallest absolute Gasteiger partial charge is 0.243 e. The number of hydrogen-bond donors (Lipinski definition) is 1. The van der Waals surface area contributed by atoms with E-state index in [-0.39, 0.29) is 35.3 Å². The molecule has 1 saturated heterocycles. The summed E-state index contributed by atoms with van der Waals surface area (Å²) in [6.45, 7) is 0.710. The minimum Gasteiger partial charge on any atom is -0.355 e. The van der Waals surface area contributed by atoms with E-state index in [0.29, 0.717) is 11.6 Å². The van der Waals surface area contributed by atoms with Crippen LogP contribution in [0.4, 0.5) is 0 Å². The largest absolute Gasteiger partial charge is 0.355 e. The van der Waals surface area contributed by atoms with Crippen LogP contribution in [0.5, 0.6) is 0 Å². The van der Waals surface area contributed by atoms with Crippen molar-refractivity contribution in [2.24, 2.45) is 0 Å². The van der Waals surface area contributed by atoms with E-state index in [4.69, 9.17) is 23.2 Å². The Balaban J connectivity index is 2.30. The monoisotopic (exact) mass is 322 g/mol. The van der Waals surface area contributed by atoms with Gasteiger partial charge in [0.2, 0.25) is 15.9 Å². The normalized spacial score (nSPS) is 17.9. The quantitative estimate of drug-likeness (QED) is 0.897. The molecule has 0 aromatic heterocycles. The first kappa shape index (κ1) is 14.6. The first-order valence-electron chi connectivity index (χ1n) is 5.63. The fraction of sp³-hybridized carbons (Fsp3) is 0.364. The molecule has 1 aromatic rings. The van der Waals surface area contributed by atoms with Gasteiger partial charge in [-0.15, -0.1) is 0 Å². The molecule has 1 aromatic carbocycles. The highest BCUT2D eigenvalue weighted by molar-refractivity contribution is 7.89. The van der Waals surface area contributed by atoms with E-state index in [2.05, 4.69) is 5.32 Å². The first-order valence-corrected chi connectivity index (χ1v) is 7.83. The summed E-state index contributed by atoms with van der Waals surface area (Å²) >= 11 is 11.6. The van der Waals surface area contributed by atoms with Crippen molar-refractivity contribution in [2.75, 3.05) is 19.6 Å². The fourth-order valence-electron chi connectivity index (χ4n) is 1.77. The van der Waals surface area contributed by atoms with Crippen LogP contribution < -0.4 is 5.32 Å². The Morgan fingerprint density at radius 3 is 2.58 bits per heavy atom. The lowest BCUT2D eigenvalue weighted by molar-refractivity contribution is -0.120. The molecule has 8 heteroatoms.